The third-order valence-corrected chi connectivity index (χ3v) is 6.43. The van der Waals surface area contributed by atoms with E-state index in [1.165, 1.54) is 35.2 Å². The molecular weight excluding hydrogens is 398 g/mol. The van der Waals surface area contributed by atoms with Crippen LogP contribution in [0.15, 0.2) is 72.9 Å². The predicted octanol–water partition coefficient (Wildman–Crippen LogP) is 5.10. The summed E-state index contributed by atoms with van der Waals surface area (Å²) in [4.78, 5) is 5.82. The SMILES string of the molecule is Cn1nnc(-c2ccc(C3(c4ccc(OCc5ccccn5)cc4)CCCCC3)cc2)n1. The van der Waals surface area contributed by atoms with Gasteiger partial charge in [0.15, 0.2) is 0 Å². The zero-order valence-corrected chi connectivity index (χ0v) is 18.3. The van der Waals surface area contributed by atoms with Crippen LogP contribution in [0.5, 0.6) is 5.75 Å². The number of hydrogen-bond acceptors (Lipinski definition) is 5. The molecule has 4 aromatic rings. The number of pyridine rings is 1. The molecule has 6 nitrogen and oxygen atoms in total. The molecule has 2 heterocycles. The number of aryl methyl sites for hydroxylation is 1. The van der Waals surface area contributed by atoms with Crippen LogP contribution in [0, 0.1) is 0 Å². The number of tetrazole rings is 1. The first kappa shape index (κ1) is 20.4. The number of benzene rings is 2. The van der Waals surface area contributed by atoms with Crippen LogP contribution in [0.3, 0.4) is 0 Å². The topological polar surface area (TPSA) is 65.7 Å². The summed E-state index contributed by atoms with van der Waals surface area (Å²) < 4.78 is 5.96. The number of hydrogen-bond donors (Lipinski definition) is 0. The normalized spacial score (nSPS) is 15.4. The first-order valence-corrected chi connectivity index (χ1v) is 11.2. The van der Waals surface area contributed by atoms with Crippen molar-refractivity contribution in [2.24, 2.45) is 7.05 Å². The first-order chi connectivity index (χ1) is 15.7. The average molecular weight is 426 g/mol. The van der Waals surface area contributed by atoms with Gasteiger partial charge in [-0.05, 0) is 53.4 Å². The summed E-state index contributed by atoms with van der Waals surface area (Å²) in [5.74, 6) is 1.53. The zero-order valence-electron chi connectivity index (χ0n) is 18.3. The van der Waals surface area contributed by atoms with E-state index in [1.807, 2.05) is 18.2 Å². The maximum absolute atomic E-state index is 5.96. The number of rotatable bonds is 6. The summed E-state index contributed by atoms with van der Waals surface area (Å²) in [7, 11) is 1.78. The zero-order chi connectivity index (χ0) is 21.8. The highest BCUT2D eigenvalue weighted by Crippen LogP contribution is 2.45. The maximum Gasteiger partial charge on any atom is 0.204 e. The van der Waals surface area contributed by atoms with E-state index in [0.717, 1.165) is 29.8 Å². The second-order valence-electron chi connectivity index (χ2n) is 8.46. The minimum atomic E-state index is 0.0338. The third-order valence-electron chi connectivity index (χ3n) is 6.43. The fraction of sp³-hybridized carbons (Fsp3) is 0.308. The van der Waals surface area contributed by atoms with E-state index in [2.05, 4.69) is 68.9 Å². The van der Waals surface area contributed by atoms with Crippen LogP contribution in [0.25, 0.3) is 11.4 Å². The maximum atomic E-state index is 5.96. The summed E-state index contributed by atoms with van der Waals surface area (Å²) >= 11 is 0. The van der Waals surface area contributed by atoms with E-state index in [1.54, 1.807) is 13.2 Å². The Morgan fingerprint density at radius 1 is 0.875 bits per heavy atom. The first-order valence-electron chi connectivity index (χ1n) is 11.2. The van der Waals surface area contributed by atoms with Crippen molar-refractivity contribution in [2.45, 2.75) is 44.1 Å². The van der Waals surface area contributed by atoms with Crippen molar-refractivity contribution in [3.8, 4) is 17.1 Å². The van der Waals surface area contributed by atoms with Crippen molar-refractivity contribution in [1.82, 2.24) is 25.2 Å². The fourth-order valence-corrected chi connectivity index (χ4v) is 4.75. The molecule has 0 unspecified atom stereocenters. The van der Waals surface area contributed by atoms with Crippen molar-refractivity contribution in [3.63, 3.8) is 0 Å². The summed E-state index contributed by atoms with van der Waals surface area (Å²) in [6.07, 6.45) is 7.89. The van der Waals surface area contributed by atoms with Crippen LogP contribution in [0.4, 0.5) is 0 Å². The van der Waals surface area contributed by atoms with E-state index < -0.39 is 0 Å². The lowest BCUT2D eigenvalue weighted by atomic mass is 9.65. The minimum absolute atomic E-state index is 0.0338. The largest absolute Gasteiger partial charge is 0.487 e. The van der Waals surface area contributed by atoms with E-state index in [4.69, 9.17) is 4.74 Å². The molecule has 2 aromatic heterocycles. The van der Waals surface area contributed by atoms with E-state index >= 15 is 0 Å². The molecule has 1 aliphatic rings. The molecule has 0 spiro atoms. The molecule has 5 rings (SSSR count). The molecule has 1 fully saturated rings. The molecule has 0 atom stereocenters. The molecule has 0 saturated heterocycles. The van der Waals surface area contributed by atoms with Crippen molar-refractivity contribution in [3.05, 3.63) is 89.7 Å². The Kier molecular flexibility index (Phi) is 5.67. The second kappa shape index (κ2) is 8.91. The average Bonchev–Trinajstić information content (AvgIpc) is 3.30. The lowest BCUT2D eigenvalue weighted by molar-refractivity contribution is 0.300. The quantitative estimate of drug-likeness (QED) is 0.430. The highest BCUT2D eigenvalue weighted by atomic mass is 16.5. The summed E-state index contributed by atoms with van der Waals surface area (Å²) in [5, 5.41) is 12.4. The Labute approximate surface area is 188 Å². The van der Waals surface area contributed by atoms with Crippen molar-refractivity contribution < 1.29 is 4.74 Å². The van der Waals surface area contributed by atoms with Gasteiger partial charge in [0.05, 0.1) is 12.7 Å². The van der Waals surface area contributed by atoms with Gasteiger partial charge >= 0.3 is 0 Å². The molecular formula is C26H27N5O. The molecule has 32 heavy (non-hydrogen) atoms. The molecule has 6 heteroatoms. The van der Waals surface area contributed by atoms with Gasteiger partial charge in [-0.2, -0.15) is 4.80 Å². The van der Waals surface area contributed by atoms with Crippen molar-refractivity contribution >= 4 is 0 Å². The van der Waals surface area contributed by atoms with Crippen LogP contribution in [-0.4, -0.2) is 25.2 Å². The van der Waals surface area contributed by atoms with E-state index in [9.17, 15) is 0 Å². The monoisotopic (exact) mass is 425 g/mol. The standard InChI is InChI=1S/C26H27N5O/c1-31-29-25(28-30-31)20-8-10-21(11-9-20)26(16-4-2-5-17-26)22-12-14-24(15-13-22)32-19-23-7-3-6-18-27-23/h3,6-15,18H,2,4-5,16-17,19H2,1H3. The lowest BCUT2D eigenvalue weighted by Crippen LogP contribution is -2.30. The van der Waals surface area contributed by atoms with Gasteiger partial charge in [-0.3, -0.25) is 4.98 Å². The van der Waals surface area contributed by atoms with Gasteiger partial charge in [0.1, 0.15) is 12.4 Å². The Morgan fingerprint density at radius 3 is 2.22 bits per heavy atom. The second-order valence-corrected chi connectivity index (χ2v) is 8.46. The molecule has 1 aliphatic carbocycles. The van der Waals surface area contributed by atoms with Crippen LogP contribution >= 0.6 is 0 Å². The summed E-state index contributed by atoms with van der Waals surface area (Å²) in [6.45, 7) is 0.475. The van der Waals surface area contributed by atoms with Crippen molar-refractivity contribution in [2.75, 3.05) is 0 Å². The molecule has 0 amide bonds. The Balaban J connectivity index is 1.39. The Morgan fingerprint density at radius 2 is 1.59 bits per heavy atom. The molecule has 1 saturated carbocycles. The summed E-state index contributed by atoms with van der Waals surface area (Å²) in [6, 6.07) is 23.2. The molecule has 0 radical (unpaired) electrons. The number of ether oxygens (including phenoxy) is 1. The van der Waals surface area contributed by atoms with Gasteiger partial charge in [-0.1, -0.05) is 61.7 Å². The molecule has 0 N–H and O–H groups in total. The summed E-state index contributed by atoms with van der Waals surface area (Å²) in [5.41, 5.74) is 4.66. The van der Waals surface area contributed by atoms with Crippen molar-refractivity contribution in [1.29, 1.82) is 0 Å². The van der Waals surface area contributed by atoms with Gasteiger partial charge < -0.3 is 4.74 Å². The Hall–Kier alpha value is -3.54. The van der Waals surface area contributed by atoms with Gasteiger partial charge in [0.25, 0.3) is 0 Å². The number of aromatic nitrogens is 5. The van der Waals surface area contributed by atoms with Crippen LogP contribution in [-0.2, 0) is 19.1 Å². The van der Waals surface area contributed by atoms with Crippen LogP contribution < -0.4 is 4.74 Å². The molecule has 0 bridgehead atoms. The highest BCUT2D eigenvalue weighted by molar-refractivity contribution is 5.56. The Bertz CT molecular complexity index is 1150. The third kappa shape index (κ3) is 4.13. The van der Waals surface area contributed by atoms with Crippen LogP contribution in [0.2, 0.25) is 0 Å². The molecule has 162 valence electrons. The van der Waals surface area contributed by atoms with Gasteiger partial charge in [-0.25, -0.2) is 0 Å². The fourth-order valence-electron chi connectivity index (χ4n) is 4.75. The molecule has 2 aromatic carbocycles. The van der Waals surface area contributed by atoms with Crippen LogP contribution in [0.1, 0.15) is 48.9 Å². The van der Waals surface area contributed by atoms with Gasteiger partial charge in [-0.15, -0.1) is 10.2 Å². The number of nitrogens with zero attached hydrogens (tertiary/aromatic N) is 5. The van der Waals surface area contributed by atoms with E-state index in [0.29, 0.717) is 12.4 Å². The predicted molar refractivity (Wildman–Crippen MR) is 123 cm³/mol. The smallest absolute Gasteiger partial charge is 0.204 e. The van der Waals surface area contributed by atoms with Gasteiger partial charge in [0.2, 0.25) is 5.82 Å². The van der Waals surface area contributed by atoms with E-state index in [-0.39, 0.29) is 5.41 Å². The minimum Gasteiger partial charge on any atom is -0.487 e. The lowest BCUT2D eigenvalue weighted by Gasteiger charge is -2.38. The highest BCUT2D eigenvalue weighted by Gasteiger charge is 2.35. The molecule has 0 aliphatic heterocycles. The van der Waals surface area contributed by atoms with Gasteiger partial charge in [0, 0.05) is 17.2 Å².